The molecule has 0 aromatic heterocycles. The van der Waals surface area contributed by atoms with Gasteiger partial charge in [0.05, 0.1) is 0 Å². The highest BCUT2D eigenvalue weighted by atomic mass is 16.1. The average molecular weight is 281 g/mol. The van der Waals surface area contributed by atoms with Crippen LogP contribution in [-0.4, -0.2) is 11.9 Å². The first-order valence-electron chi connectivity index (χ1n) is 6.89. The van der Waals surface area contributed by atoms with Gasteiger partial charge in [0.25, 0.3) is 0 Å². The van der Waals surface area contributed by atoms with Crippen LogP contribution in [0.2, 0.25) is 0 Å². The summed E-state index contributed by atoms with van der Waals surface area (Å²) in [5, 5.41) is 0. The van der Waals surface area contributed by atoms with Crippen molar-refractivity contribution in [1.82, 2.24) is 0 Å². The van der Waals surface area contributed by atoms with Crippen molar-refractivity contribution in [1.29, 1.82) is 0 Å². The predicted molar refractivity (Wildman–Crippen MR) is 84.8 cm³/mol. The Morgan fingerprint density at radius 3 is 1.81 bits per heavy atom. The molecule has 2 rings (SSSR count). The molecule has 4 N–H and O–H groups in total. The molecule has 0 aliphatic heterocycles. The molecule has 4 heteroatoms. The highest BCUT2D eigenvalue weighted by Crippen LogP contribution is 2.29. The number of nitrogens with two attached hydrogens (primary N) is 2. The summed E-state index contributed by atoms with van der Waals surface area (Å²) < 4.78 is 0. The third-order valence-electron chi connectivity index (χ3n) is 3.30. The summed E-state index contributed by atoms with van der Waals surface area (Å²) in [7, 11) is 0. The second kappa shape index (κ2) is 7.24. The smallest absolute Gasteiger partial charge is 0.248 e. The van der Waals surface area contributed by atoms with Gasteiger partial charge in [0.15, 0.2) is 5.96 Å². The maximum absolute atomic E-state index is 11.7. The van der Waals surface area contributed by atoms with Crippen LogP contribution in [0.3, 0.4) is 0 Å². The molecule has 2 aromatic rings. The highest BCUT2D eigenvalue weighted by Gasteiger charge is 2.15. The van der Waals surface area contributed by atoms with Crippen molar-refractivity contribution in [3.63, 3.8) is 0 Å². The van der Waals surface area contributed by atoms with Crippen molar-refractivity contribution < 1.29 is 4.79 Å². The van der Waals surface area contributed by atoms with Crippen LogP contribution in [0.5, 0.6) is 0 Å². The maximum atomic E-state index is 11.7. The first-order valence-corrected chi connectivity index (χ1v) is 6.89. The minimum atomic E-state index is -0.285. The topological polar surface area (TPSA) is 81.5 Å². The van der Waals surface area contributed by atoms with Crippen LogP contribution < -0.4 is 11.5 Å². The lowest BCUT2D eigenvalue weighted by molar-refractivity contribution is -0.117. The maximum Gasteiger partial charge on any atom is 0.248 e. The number of carbonyl (C=O) groups is 1. The summed E-state index contributed by atoms with van der Waals surface area (Å²) in [6.07, 6.45) is 0.982. The number of benzene rings is 2. The molecule has 0 fully saturated rings. The predicted octanol–water partition coefficient (Wildman–Crippen LogP) is 2.40. The largest absolute Gasteiger partial charge is 0.370 e. The Morgan fingerprint density at radius 2 is 1.38 bits per heavy atom. The van der Waals surface area contributed by atoms with E-state index in [1.54, 1.807) is 0 Å². The monoisotopic (exact) mass is 281 g/mol. The van der Waals surface area contributed by atoms with Crippen LogP contribution >= 0.6 is 0 Å². The van der Waals surface area contributed by atoms with E-state index in [9.17, 15) is 4.79 Å². The van der Waals surface area contributed by atoms with Crippen molar-refractivity contribution >= 4 is 11.9 Å². The van der Waals surface area contributed by atoms with Gasteiger partial charge < -0.3 is 11.5 Å². The molecule has 0 aliphatic carbocycles. The molecule has 2 aromatic carbocycles. The molecule has 0 bridgehead atoms. The molecule has 0 heterocycles. The third kappa shape index (κ3) is 4.45. The van der Waals surface area contributed by atoms with E-state index in [2.05, 4.69) is 29.3 Å². The van der Waals surface area contributed by atoms with Gasteiger partial charge in [-0.1, -0.05) is 60.7 Å². The van der Waals surface area contributed by atoms with Gasteiger partial charge in [0.1, 0.15) is 0 Å². The molecule has 0 saturated carbocycles. The number of amides is 1. The quantitative estimate of drug-likeness (QED) is 0.652. The van der Waals surface area contributed by atoms with E-state index in [0.717, 1.165) is 0 Å². The molecule has 0 aliphatic rings. The lowest BCUT2D eigenvalue weighted by Crippen LogP contribution is -2.24. The van der Waals surface area contributed by atoms with E-state index in [1.165, 1.54) is 11.1 Å². The van der Waals surface area contributed by atoms with Gasteiger partial charge in [-0.15, -0.1) is 0 Å². The van der Waals surface area contributed by atoms with Gasteiger partial charge in [0, 0.05) is 12.3 Å². The number of nitrogens with zero attached hydrogens (tertiary/aromatic N) is 1. The number of guanidine groups is 1. The molecule has 0 spiro atoms. The highest BCUT2D eigenvalue weighted by molar-refractivity contribution is 5.91. The Morgan fingerprint density at radius 1 is 0.905 bits per heavy atom. The Bertz CT molecular complexity index is 565. The molecule has 1 amide bonds. The van der Waals surface area contributed by atoms with Gasteiger partial charge in [-0.3, -0.25) is 4.79 Å². The molecular formula is C17H19N3O. The fourth-order valence-corrected chi connectivity index (χ4v) is 2.36. The van der Waals surface area contributed by atoms with Crippen molar-refractivity contribution in [3.8, 4) is 0 Å². The number of rotatable bonds is 5. The lowest BCUT2D eigenvalue weighted by atomic mass is 9.87. The summed E-state index contributed by atoms with van der Waals surface area (Å²) in [5.74, 6) is -0.312. The minimum Gasteiger partial charge on any atom is -0.370 e. The Labute approximate surface area is 124 Å². The summed E-state index contributed by atoms with van der Waals surface area (Å²) in [4.78, 5) is 15.2. The number of hydrogen-bond donors (Lipinski definition) is 2. The zero-order chi connectivity index (χ0) is 15.1. The lowest BCUT2D eigenvalue weighted by Gasteiger charge is -2.17. The molecule has 108 valence electrons. The Hall–Kier alpha value is -2.62. The zero-order valence-electron chi connectivity index (χ0n) is 11.8. The zero-order valence-corrected chi connectivity index (χ0v) is 11.8. The summed E-state index contributed by atoms with van der Waals surface area (Å²) >= 11 is 0. The van der Waals surface area contributed by atoms with Crippen LogP contribution in [0.25, 0.3) is 0 Å². The van der Waals surface area contributed by atoms with E-state index in [1.807, 2.05) is 36.4 Å². The molecular weight excluding hydrogens is 262 g/mol. The van der Waals surface area contributed by atoms with Gasteiger partial charge >= 0.3 is 0 Å². The number of hydrogen-bond acceptors (Lipinski definition) is 1. The average Bonchev–Trinajstić information content (AvgIpc) is 2.49. The Kier molecular flexibility index (Phi) is 5.10. The summed E-state index contributed by atoms with van der Waals surface area (Å²) in [6.45, 7) is 0. The summed E-state index contributed by atoms with van der Waals surface area (Å²) in [5.41, 5.74) is 12.8. The van der Waals surface area contributed by atoms with E-state index in [0.29, 0.717) is 12.8 Å². The molecule has 0 saturated heterocycles. The summed E-state index contributed by atoms with van der Waals surface area (Å²) in [6, 6.07) is 20.3. The van der Waals surface area contributed by atoms with Gasteiger partial charge in [0.2, 0.25) is 5.91 Å². The number of aliphatic imine (C=N–C) groups is 1. The van der Waals surface area contributed by atoms with E-state index in [-0.39, 0.29) is 17.8 Å². The van der Waals surface area contributed by atoms with Crippen molar-refractivity contribution in [3.05, 3.63) is 71.8 Å². The number of carbonyl (C=O) groups excluding carboxylic acids is 1. The van der Waals surface area contributed by atoms with E-state index >= 15 is 0 Å². The SMILES string of the molecule is NC(N)=NC(=O)CCC(c1ccccc1)c1ccccc1. The fourth-order valence-electron chi connectivity index (χ4n) is 2.36. The van der Waals surface area contributed by atoms with Gasteiger partial charge in [-0.2, -0.15) is 4.99 Å². The standard InChI is InChI=1S/C17H19N3O/c18-17(19)20-16(21)12-11-15(13-7-3-1-4-8-13)14-9-5-2-6-10-14/h1-10,15H,11-12H2,(H4,18,19,20,21). The second-order valence-corrected chi connectivity index (χ2v) is 4.84. The van der Waals surface area contributed by atoms with Crippen LogP contribution in [-0.2, 0) is 4.79 Å². The van der Waals surface area contributed by atoms with Gasteiger partial charge in [-0.05, 0) is 17.5 Å². The Balaban J connectivity index is 2.18. The molecule has 0 radical (unpaired) electrons. The van der Waals surface area contributed by atoms with Crippen LogP contribution in [0, 0.1) is 0 Å². The van der Waals surface area contributed by atoms with E-state index in [4.69, 9.17) is 11.5 Å². The van der Waals surface area contributed by atoms with Crippen LogP contribution in [0.1, 0.15) is 29.9 Å². The van der Waals surface area contributed by atoms with Crippen molar-refractivity contribution in [2.24, 2.45) is 16.5 Å². The fraction of sp³-hybridized carbons (Fsp3) is 0.176. The molecule has 4 nitrogen and oxygen atoms in total. The molecule has 0 atom stereocenters. The molecule has 0 unspecified atom stereocenters. The molecule has 21 heavy (non-hydrogen) atoms. The van der Waals surface area contributed by atoms with Crippen molar-refractivity contribution in [2.75, 3.05) is 0 Å². The van der Waals surface area contributed by atoms with Crippen LogP contribution in [0.4, 0.5) is 0 Å². The van der Waals surface area contributed by atoms with E-state index < -0.39 is 0 Å². The van der Waals surface area contributed by atoms with Crippen LogP contribution in [0.15, 0.2) is 65.7 Å². The minimum absolute atomic E-state index is 0.158. The van der Waals surface area contributed by atoms with Gasteiger partial charge in [-0.25, -0.2) is 0 Å². The third-order valence-corrected chi connectivity index (χ3v) is 3.30. The normalized spacial score (nSPS) is 10.3. The first-order chi connectivity index (χ1) is 10.2. The van der Waals surface area contributed by atoms with Crippen molar-refractivity contribution in [2.45, 2.75) is 18.8 Å². The second-order valence-electron chi connectivity index (χ2n) is 4.84. The first kappa shape index (κ1) is 14.8.